The summed E-state index contributed by atoms with van der Waals surface area (Å²) in [4.78, 5) is 17.7. The second-order valence-corrected chi connectivity index (χ2v) is 7.24. The molecule has 2 N–H and O–H groups in total. The van der Waals surface area contributed by atoms with E-state index in [0.717, 1.165) is 31.6 Å². The van der Waals surface area contributed by atoms with Gasteiger partial charge >= 0.3 is 0 Å². The number of hydrogen-bond donors (Lipinski definition) is 2. The third-order valence-corrected chi connectivity index (χ3v) is 5.35. The molecule has 0 aromatic carbocycles. The number of aliphatic hydroxyl groups excluding tert-OH is 1. The summed E-state index contributed by atoms with van der Waals surface area (Å²) in [5.74, 6) is 6.34. The number of aliphatic hydroxyl groups is 1. The van der Waals surface area contributed by atoms with Crippen LogP contribution in [0.5, 0.6) is 0 Å². The van der Waals surface area contributed by atoms with Crippen molar-refractivity contribution in [1.29, 1.82) is 0 Å². The number of nitrogens with one attached hydrogen (secondary N) is 1. The molecule has 0 aliphatic carbocycles. The molecule has 5 heteroatoms. The van der Waals surface area contributed by atoms with Crippen LogP contribution in [0.15, 0.2) is 34.6 Å². The Kier molecular flexibility index (Phi) is 5.86. The number of H-pyrrole nitrogens is 1. The van der Waals surface area contributed by atoms with Crippen molar-refractivity contribution in [1.82, 2.24) is 9.88 Å². The monoisotopic (exact) mass is 342 g/mol. The Balaban J connectivity index is 1.47. The van der Waals surface area contributed by atoms with Crippen molar-refractivity contribution >= 4 is 11.3 Å². The highest BCUT2D eigenvalue weighted by Crippen LogP contribution is 2.24. The van der Waals surface area contributed by atoms with Gasteiger partial charge in [0.2, 0.25) is 5.56 Å². The Morgan fingerprint density at radius 2 is 2.17 bits per heavy atom. The molecule has 2 aromatic rings. The molecule has 1 aliphatic rings. The second kappa shape index (κ2) is 8.29. The summed E-state index contributed by atoms with van der Waals surface area (Å²) >= 11 is 1.74. The van der Waals surface area contributed by atoms with Gasteiger partial charge in [-0.25, -0.2) is 0 Å². The zero-order valence-corrected chi connectivity index (χ0v) is 14.4. The van der Waals surface area contributed by atoms with Crippen molar-refractivity contribution in [2.45, 2.75) is 25.8 Å². The van der Waals surface area contributed by atoms with Gasteiger partial charge in [0.15, 0.2) is 0 Å². The smallest absolute Gasteiger partial charge is 0.247 e. The average Bonchev–Trinajstić information content (AvgIpc) is 3.04. The van der Waals surface area contributed by atoms with Gasteiger partial charge in [-0.15, -0.1) is 11.3 Å². The van der Waals surface area contributed by atoms with Crippen LogP contribution in [-0.2, 0) is 13.0 Å². The summed E-state index contributed by atoms with van der Waals surface area (Å²) in [5.41, 5.74) is 2.18. The predicted octanol–water partition coefficient (Wildman–Crippen LogP) is 2.23. The van der Waals surface area contributed by atoms with E-state index in [-0.39, 0.29) is 12.2 Å². The van der Waals surface area contributed by atoms with Crippen LogP contribution in [0.3, 0.4) is 0 Å². The van der Waals surface area contributed by atoms with E-state index in [1.165, 1.54) is 23.3 Å². The summed E-state index contributed by atoms with van der Waals surface area (Å²) < 4.78 is 0. The van der Waals surface area contributed by atoms with Crippen molar-refractivity contribution in [3.8, 4) is 11.8 Å². The number of pyridine rings is 1. The summed E-state index contributed by atoms with van der Waals surface area (Å²) in [6, 6.07) is 5.67. The van der Waals surface area contributed by atoms with E-state index in [4.69, 9.17) is 5.11 Å². The number of piperidine rings is 1. The van der Waals surface area contributed by atoms with Crippen LogP contribution in [-0.4, -0.2) is 34.7 Å². The van der Waals surface area contributed by atoms with E-state index in [1.807, 2.05) is 12.3 Å². The molecule has 0 spiro atoms. The summed E-state index contributed by atoms with van der Waals surface area (Å²) in [6.07, 6.45) is 5.28. The minimum atomic E-state index is -0.0893. The largest absolute Gasteiger partial charge is 0.384 e. The van der Waals surface area contributed by atoms with Crippen molar-refractivity contribution < 1.29 is 5.11 Å². The predicted molar refractivity (Wildman–Crippen MR) is 97.1 cm³/mol. The fraction of sp³-hybridized carbons (Fsp3) is 0.421. The number of nitrogens with zero attached hydrogens (tertiary/aromatic N) is 1. The SMILES string of the molecule is O=c1ccc(CC2CCN(Cc3cc(C#CCO)cs3)CC2)c[nH]1. The first kappa shape index (κ1) is 17.0. The average molecular weight is 342 g/mol. The van der Waals surface area contributed by atoms with Gasteiger partial charge in [0, 0.05) is 34.6 Å². The minimum absolute atomic E-state index is 0.0347. The van der Waals surface area contributed by atoms with Gasteiger partial charge in [0.1, 0.15) is 6.61 Å². The molecule has 24 heavy (non-hydrogen) atoms. The van der Waals surface area contributed by atoms with E-state index >= 15 is 0 Å². The van der Waals surface area contributed by atoms with Crippen molar-refractivity contribution in [3.63, 3.8) is 0 Å². The lowest BCUT2D eigenvalue weighted by Crippen LogP contribution is -2.33. The quantitative estimate of drug-likeness (QED) is 0.838. The Morgan fingerprint density at radius 3 is 2.88 bits per heavy atom. The lowest BCUT2D eigenvalue weighted by Gasteiger charge is -2.31. The maximum atomic E-state index is 11.1. The molecule has 0 amide bonds. The second-order valence-electron chi connectivity index (χ2n) is 6.25. The van der Waals surface area contributed by atoms with E-state index in [1.54, 1.807) is 17.4 Å². The number of likely N-dealkylation sites (tertiary alicyclic amines) is 1. The molecule has 3 heterocycles. The number of aromatic amines is 1. The third kappa shape index (κ3) is 4.81. The number of rotatable bonds is 4. The Morgan fingerprint density at radius 1 is 1.33 bits per heavy atom. The van der Waals surface area contributed by atoms with Crippen LogP contribution < -0.4 is 5.56 Å². The standard InChI is InChI=1S/C19H22N2O2S/c22-9-1-2-17-11-18(24-14-17)13-21-7-5-15(6-8-21)10-16-3-4-19(23)20-12-16/h3-4,11-12,14-15,22H,5-10,13H2,(H,20,23). The van der Waals surface area contributed by atoms with Gasteiger partial charge < -0.3 is 10.1 Å². The highest BCUT2D eigenvalue weighted by molar-refractivity contribution is 7.10. The zero-order valence-electron chi connectivity index (χ0n) is 13.6. The summed E-state index contributed by atoms with van der Waals surface area (Å²) in [5, 5.41) is 10.8. The molecular formula is C19H22N2O2S. The first-order valence-corrected chi connectivity index (χ1v) is 9.18. The van der Waals surface area contributed by atoms with Gasteiger partial charge in [-0.05, 0) is 49.9 Å². The minimum Gasteiger partial charge on any atom is -0.384 e. The van der Waals surface area contributed by atoms with E-state index in [9.17, 15) is 4.79 Å². The van der Waals surface area contributed by atoms with Crippen LogP contribution >= 0.6 is 11.3 Å². The highest BCUT2D eigenvalue weighted by atomic mass is 32.1. The van der Waals surface area contributed by atoms with Gasteiger partial charge in [-0.2, -0.15) is 0 Å². The van der Waals surface area contributed by atoms with Gasteiger partial charge in [-0.1, -0.05) is 17.9 Å². The van der Waals surface area contributed by atoms with Crippen molar-refractivity contribution in [2.24, 2.45) is 5.92 Å². The topological polar surface area (TPSA) is 56.3 Å². The highest BCUT2D eigenvalue weighted by Gasteiger charge is 2.20. The van der Waals surface area contributed by atoms with Gasteiger partial charge in [0.25, 0.3) is 0 Å². The van der Waals surface area contributed by atoms with Gasteiger partial charge in [0.05, 0.1) is 0 Å². The molecule has 2 aromatic heterocycles. The first-order valence-electron chi connectivity index (χ1n) is 8.30. The summed E-state index contributed by atoms with van der Waals surface area (Å²) in [6.45, 7) is 3.12. The fourth-order valence-electron chi connectivity index (χ4n) is 3.14. The molecule has 1 fully saturated rings. The molecule has 0 unspecified atom stereocenters. The van der Waals surface area contributed by atoms with Crippen LogP contribution in [0.2, 0.25) is 0 Å². The lowest BCUT2D eigenvalue weighted by molar-refractivity contribution is 0.178. The zero-order chi connectivity index (χ0) is 16.8. The van der Waals surface area contributed by atoms with E-state index in [0.29, 0.717) is 5.92 Å². The number of hydrogen-bond acceptors (Lipinski definition) is 4. The van der Waals surface area contributed by atoms with Crippen LogP contribution in [0.1, 0.15) is 28.8 Å². The molecule has 0 atom stereocenters. The van der Waals surface area contributed by atoms with Gasteiger partial charge in [-0.3, -0.25) is 9.69 Å². The Labute approximate surface area is 146 Å². The van der Waals surface area contributed by atoms with Crippen molar-refractivity contribution in [2.75, 3.05) is 19.7 Å². The molecular weight excluding hydrogens is 320 g/mol. The molecule has 126 valence electrons. The normalized spacial score (nSPS) is 15.9. The van der Waals surface area contributed by atoms with Crippen LogP contribution in [0.4, 0.5) is 0 Å². The lowest BCUT2D eigenvalue weighted by atomic mass is 9.91. The molecule has 0 bridgehead atoms. The molecule has 1 aliphatic heterocycles. The molecule has 4 nitrogen and oxygen atoms in total. The molecule has 0 radical (unpaired) electrons. The van der Waals surface area contributed by atoms with E-state index in [2.05, 4.69) is 33.2 Å². The maximum absolute atomic E-state index is 11.1. The van der Waals surface area contributed by atoms with E-state index < -0.39 is 0 Å². The number of thiophene rings is 1. The Bertz CT molecular complexity index is 756. The van der Waals surface area contributed by atoms with Crippen molar-refractivity contribution in [3.05, 3.63) is 56.1 Å². The molecule has 0 saturated carbocycles. The van der Waals surface area contributed by atoms with Crippen LogP contribution in [0, 0.1) is 17.8 Å². The molecule has 3 rings (SSSR count). The number of aromatic nitrogens is 1. The Hall–Kier alpha value is -1.87. The first-order chi connectivity index (χ1) is 11.7. The third-order valence-electron chi connectivity index (χ3n) is 4.43. The summed E-state index contributed by atoms with van der Waals surface area (Å²) in [7, 11) is 0. The fourth-order valence-corrected chi connectivity index (χ4v) is 4.00. The molecule has 1 saturated heterocycles. The van der Waals surface area contributed by atoms with Crippen LogP contribution in [0.25, 0.3) is 0 Å². The maximum Gasteiger partial charge on any atom is 0.247 e.